The molecule has 1 aromatic rings. The Balaban J connectivity index is 0.00000220. The van der Waals surface area contributed by atoms with Gasteiger partial charge in [-0.25, -0.2) is 0 Å². The van der Waals surface area contributed by atoms with Crippen molar-refractivity contribution in [3.05, 3.63) is 18.2 Å². The monoisotopic (exact) mass is 405 g/mol. The van der Waals surface area contributed by atoms with E-state index in [4.69, 9.17) is 15.2 Å². The number of methoxy groups -OCH3 is 2. The van der Waals surface area contributed by atoms with Crippen LogP contribution in [0.3, 0.4) is 0 Å². The van der Waals surface area contributed by atoms with Crippen LogP contribution in [0.4, 0.5) is 5.69 Å². The van der Waals surface area contributed by atoms with Crippen molar-refractivity contribution >= 4 is 35.6 Å². The van der Waals surface area contributed by atoms with Gasteiger partial charge in [-0.15, -0.1) is 24.0 Å². The van der Waals surface area contributed by atoms with Gasteiger partial charge in [0.15, 0.2) is 17.5 Å². The van der Waals surface area contributed by atoms with Gasteiger partial charge in [-0.05, 0) is 30.9 Å². The van der Waals surface area contributed by atoms with Crippen LogP contribution in [0.5, 0.6) is 11.5 Å². The Bertz CT molecular complexity index is 476. The van der Waals surface area contributed by atoms with Crippen LogP contribution < -0.4 is 20.5 Å². The van der Waals surface area contributed by atoms with E-state index in [0.717, 1.165) is 24.6 Å². The number of benzene rings is 1. The molecule has 5 nitrogen and oxygen atoms in total. The Labute approximate surface area is 143 Å². The van der Waals surface area contributed by atoms with Crippen LogP contribution in [0, 0.1) is 5.92 Å². The maximum absolute atomic E-state index is 5.87. The number of hydrogen-bond acceptors (Lipinski definition) is 3. The third kappa shape index (κ3) is 5.99. The summed E-state index contributed by atoms with van der Waals surface area (Å²) < 4.78 is 10.4. The van der Waals surface area contributed by atoms with Crippen LogP contribution in [0.25, 0.3) is 0 Å². The average molecular weight is 405 g/mol. The first-order valence-electron chi connectivity index (χ1n) is 7.02. The van der Waals surface area contributed by atoms with Crippen molar-refractivity contribution in [3.63, 3.8) is 0 Å². The molecule has 1 aliphatic carbocycles. The number of aliphatic imine (C=N–C) groups is 1. The van der Waals surface area contributed by atoms with Crippen LogP contribution in [0.2, 0.25) is 0 Å². The van der Waals surface area contributed by atoms with Crippen molar-refractivity contribution in [2.75, 3.05) is 26.1 Å². The molecule has 1 fully saturated rings. The lowest BCUT2D eigenvalue weighted by Gasteiger charge is -2.10. The highest BCUT2D eigenvalue weighted by molar-refractivity contribution is 14.0. The summed E-state index contributed by atoms with van der Waals surface area (Å²) in [6.07, 6.45) is 5.16. The summed E-state index contributed by atoms with van der Waals surface area (Å²) in [4.78, 5) is 4.33. The summed E-state index contributed by atoms with van der Waals surface area (Å²) in [6, 6.07) is 5.56. The fourth-order valence-electron chi connectivity index (χ4n) is 2.09. The Morgan fingerprint density at radius 1 is 1.29 bits per heavy atom. The van der Waals surface area contributed by atoms with Gasteiger partial charge in [0.05, 0.1) is 14.2 Å². The fourth-order valence-corrected chi connectivity index (χ4v) is 2.09. The molecular formula is C15H24IN3O2. The Hall–Kier alpha value is -1.18. The van der Waals surface area contributed by atoms with Crippen LogP contribution in [0.15, 0.2) is 23.2 Å². The predicted octanol–water partition coefficient (Wildman–Crippen LogP) is 3.24. The third-order valence-electron chi connectivity index (χ3n) is 3.41. The molecular weight excluding hydrogens is 381 g/mol. The molecule has 2 rings (SSSR count). The highest BCUT2D eigenvalue weighted by Gasteiger charge is 2.19. The van der Waals surface area contributed by atoms with E-state index in [1.807, 2.05) is 18.2 Å². The molecule has 21 heavy (non-hydrogen) atoms. The first-order chi connectivity index (χ1) is 9.72. The maximum atomic E-state index is 5.87. The van der Waals surface area contributed by atoms with E-state index in [0.29, 0.717) is 17.5 Å². The molecule has 0 unspecified atom stereocenters. The van der Waals surface area contributed by atoms with Gasteiger partial charge >= 0.3 is 0 Å². The number of nitrogens with one attached hydrogen (secondary N) is 1. The number of guanidine groups is 1. The molecule has 0 saturated heterocycles. The van der Waals surface area contributed by atoms with E-state index in [1.165, 1.54) is 19.3 Å². The normalized spacial score (nSPS) is 14.3. The molecule has 0 heterocycles. The summed E-state index contributed by atoms with van der Waals surface area (Å²) >= 11 is 0. The number of ether oxygens (including phenoxy) is 2. The first-order valence-corrected chi connectivity index (χ1v) is 7.02. The average Bonchev–Trinajstić information content (AvgIpc) is 3.27. The van der Waals surface area contributed by atoms with Gasteiger partial charge in [0.1, 0.15) is 0 Å². The van der Waals surface area contributed by atoms with E-state index in [2.05, 4.69) is 10.3 Å². The standard InChI is InChI=1S/C15H23N3O2.HI/c1-19-13-8-7-12(10-14(13)20-2)18-15(16)17-9-3-4-11-5-6-11;/h7-8,10-11H,3-6,9H2,1-2H3,(H3,16,17,18);1H. The number of halogens is 1. The number of nitrogens with two attached hydrogens (primary N) is 1. The smallest absolute Gasteiger partial charge is 0.193 e. The molecule has 0 radical (unpaired) electrons. The van der Waals surface area contributed by atoms with E-state index >= 15 is 0 Å². The van der Waals surface area contributed by atoms with Crippen LogP contribution >= 0.6 is 24.0 Å². The quantitative estimate of drug-likeness (QED) is 0.316. The molecule has 1 aliphatic rings. The van der Waals surface area contributed by atoms with Crippen molar-refractivity contribution in [1.29, 1.82) is 0 Å². The zero-order valence-corrected chi connectivity index (χ0v) is 14.9. The van der Waals surface area contributed by atoms with Crippen molar-refractivity contribution in [2.45, 2.75) is 25.7 Å². The Kier molecular flexibility index (Phi) is 7.63. The van der Waals surface area contributed by atoms with Crippen molar-refractivity contribution in [2.24, 2.45) is 16.6 Å². The van der Waals surface area contributed by atoms with Gasteiger partial charge in [-0.3, -0.25) is 4.99 Å². The topological polar surface area (TPSA) is 68.9 Å². The number of anilines is 1. The van der Waals surface area contributed by atoms with Gasteiger partial charge in [-0.1, -0.05) is 12.8 Å². The number of nitrogens with zero attached hydrogens (tertiary/aromatic N) is 1. The van der Waals surface area contributed by atoms with Gasteiger partial charge in [0.25, 0.3) is 0 Å². The van der Waals surface area contributed by atoms with Crippen molar-refractivity contribution in [3.8, 4) is 11.5 Å². The molecule has 118 valence electrons. The molecule has 0 aliphatic heterocycles. The minimum Gasteiger partial charge on any atom is -0.493 e. The molecule has 0 atom stereocenters. The second-order valence-corrected chi connectivity index (χ2v) is 5.05. The molecule has 0 spiro atoms. The second kappa shape index (κ2) is 8.96. The molecule has 1 aromatic carbocycles. The van der Waals surface area contributed by atoms with E-state index < -0.39 is 0 Å². The Morgan fingerprint density at radius 2 is 2.00 bits per heavy atom. The van der Waals surface area contributed by atoms with Crippen LogP contribution in [-0.4, -0.2) is 26.7 Å². The van der Waals surface area contributed by atoms with Crippen LogP contribution in [0.1, 0.15) is 25.7 Å². The van der Waals surface area contributed by atoms with E-state index in [-0.39, 0.29) is 24.0 Å². The molecule has 6 heteroatoms. The van der Waals surface area contributed by atoms with Gasteiger partial charge < -0.3 is 20.5 Å². The lowest BCUT2D eigenvalue weighted by molar-refractivity contribution is 0.355. The molecule has 0 aromatic heterocycles. The van der Waals surface area contributed by atoms with Crippen molar-refractivity contribution < 1.29 is 9.47 Å². The maximum Gasteiger partial charge on any atom is 0.193 e. The summed E-state index contributed by atoms with van der Waals surface area (Å²) in [5.41, 5.74) is 6.71. The number of rotatable bonds is 7. The fraction of sp³-hybridized carbons (Fsp3) is 0.533. The van der Waals surface area contributed by atoms with E-state index in [9.17, 15) is 0 Å². The first kappa shape index (κ1) is 17.9. The Morgan fingerprint density at radius 3 is 2.62 bits per heavy atom. The van der Waals surface area contributed by atoms with Gasteiger partial charge in [0.2, 0.25) is 0 Å². The lowest BCUT2D eigenvalue weighted by Crippen LogP contribution is -2.22. The summed E-state index contributed by atoms with van der Waals surface area (Å²) in [5, 5.41) is 3.06. The largest absolute Gasteiger partial charge is 0.493 e. The summed E-state index contributed by atoms with van der Waals surface area (Å²) in [5.74, 6) is 2.75. The minimum absolute atomic E-state index is 0. The van der Waals surface area contributed by atoms with Crippen molar-refractivity contribution in [1.82, 2.24) is 0 Å². The highest BCUT2D eigenvalue weighted by atomic mass is 127. The third-order valence-corrected chi connectivity index (χ3v) is 3.41. The zero-order valence-electron chi connectivity index (χ0n) is 12.6. The number of hydrogen-bond donors (Lipinski definition) is 2. The van der Waals surface area contributed by atoms with Crippen LogP contribution in [-0.2, 0) is 0 Å². The molecule has 1 saturated carbocycles. The second-order valence-electron chi connectivity index (χ2n) is 5.05. The van der Waals surface area contributed by atoms with Gasteiger partial charge in [-0.2, -0.15) is 0 Å². The molecule has 3 N–H and O–H groups in total. The SMILES string of the molecule is COc1ccc(NC(N)=NCCCC2CC2)cc1OC.I. The summed E-state index contributed by atoms with van der Waals surface area (Å²) in [7, 11) is 3.22. The van der Waals surface area contributed by atoms with Gasteiger partial charge in [0, 0.05) is 18.3 Å². The predicted molar refractivity (Wildman–Crippen MR) is 97.0 cm³/mol. The molecule has 0 amide bonds. The highest BCUT2D eigenvalue weighted by Crippen LogP contribution is 2.33. The molecule has 0 bridgehead atoms. The summed E-state index contributed by atoms with van der Waals surface area (Å²) in [6.45, 7) is 0.780. The zero-order chi connectivity index (χ0) is 14.4. The van der Waals surface area contributed by atoms with E-state index in [1.54, 1.807) is 14.2 Å². The lowest BCUT2D eigenvalue weighted by atomic mass is 10.2. The minimum atomic E-state index is 0.